The van der Waals surface area contributed by atoms with Gasteiger partial charge in [0.15, 0.2) is 11.5 Å². The van der Waals surface area contributed by atoms with Crippen molar-refractivity contribution in [3.8, 4) is 10.6 Å². The lowest BCUT2D eigenvalue weighted by molar-refractivity contribution is 0.0517. The van der Waals surface area contributed by atoms with E-state index in [0.29, 0.717) is 10.6 Å². The van der Waals surface area contributed by atoms with Crippen LogP contribution in [0.1, 0.15) is 39.6 Å². The molecule has 0 atom stereocenters. The summed E-state index contributed by atoms with van der Waals surface area (Å²) >= 11 is 1.07. The standard InChI is InChI=1S/C15H14FNO3S/c1-4-20-15(19)12-13(9(3)18)21-14(17-12)11-7-10(16)6-5-8(11)2/h5-7H,4H2,1-3H3. The van der Waals surface area contributed by atoms with Gasteiger partial charge in [-0.1, -0.05) is 6.07 Å². The minimum absolute atomic E-state index is 0.00647. The fourth-order valence-electron chi connectivity index (χ4n) is 1.84. The number of hydrogen-bond acceptors (Lipinski definition) is 5. The molecule has 4 nitrogen and oxygen atoms in total. The molecule has 0 bridgehead atoms. The second-order valence-electron chi connectivity index (χ2n) is 4.43. The zero-order valence-electron chi connectivity index (χ0n) is 11.9. The number of benzene rings is 1. The molecule has 2 aromatic rings. The number of rotatable bonds is 4. The Kier molecular flexibility index (Phi) is 4.47. The Morgan fingerprint density at radius 1 is 1.38 bits per heavy atom. The molecular weight excluding hydrogens is 293 g/mol. The second kappa shape index (κ2) is 6.13. The van der Waals surface area contributed by atoms with Gasteiger partial charge < -0.3 is 4.74 Å². The van der Waals surface area contributed by atoms with Crippen molar-refractivity contribution < 1.29 is 18.7 Å². The lowest BCUT2D eigenvalue weighted by Crippen LogP contribution is -2.09. The molecule has 0 amide bonds. The highest BCUT2D eigenvalue weighted by molar-refractivity contribution is 7.17. The molecule has 0 fully saturated rings. The molecule has 1 aromatic heterocycles. The van der Waals surface area contributed by atoms with Crippen molar-refractivity contribution in [2.24, 2.45) is 0 Å². The summed E-state index contributed by atoms with van der Waals surface area (Å²) in [5, 5.41) is 0.431. The van der Waals surface area contributed by atoms with E-state index in [0.717, 1.165) is 16.9 Å². The zero-order valence-corrected chi connectivity index (χ0v) is 12.7. The average molecular weight is 307 g/mol. The van der Waals surface area contributed by atoms with E-state index in [1.54, 1.807) is 13.0 Å². The predicted molar refractivity (Wildman–Crippen MR) is 78.2 cm³/mol. The molecule has 2 rings (SSSR count). The van der Waals surface area contributed by atoms with Gasteiger partial charge in [-0.2, -0.15) is 0 Å². The number of carbonyl (C=O) groups is 2. The highest BCUT2D eigenvalue weighted by atomic mass is 32.1. The second-order valence-corrected chi connectivity index (χ2v) is 5.43. The summed E-state index contributed by atoms with van der Waals surface area (Å²) in [5.74, 6) is -1.30. The Morgan fingerprint density at radius 2 is 2.10 bits per heavy atom. The molecule has 0 unspecified atom stereocenters. The van der Waals surface area contributed by atoms with Gasteiger partial charge in [-0.25, -0.2) is 14.2 Å². The molecule has 0 saturated carbocycles. The summed E-state index contributed by atoms with van der Waals surface area (Å²) in [7, 11) is 0. The fraction of sp³-hybridized carbons (Fsp3) is 0.267. The van der Waals surface area contributed by atoms with Gasteiger partial charge in [0.1, 0.15) is 15.7 Å². The number of aryl methyl sites for hydroxylation is 1. The average Bonchev–Trinajstić information content (AvgIpc) is 2.87. The number of carbonyl (C=O) groups excluding carboxylic acids is 2. The molecular formula is C15H14FNO3S. The Bertz CT molecular complexity index is 709. The van der Waals surface area contributed by atoms with Crippen LogP contribution in [-0.4, -0.2) is 23.3 Å². The zero-order chi connectivity index (χ0) is 15.6. The van der Waals surface area contributed by atoms with Crippen molar-refractivity contribution in [2.45, 2.75) is 20.8 Å². The van der Waals surface area contributed by atoms with E-state index < -0.39 is 11.8 Å². The van der Waals surface area contributed by atoms with Crippen LogP contribution in [0, 0.1) is 12.7 Å². The number of thiazole rings is 1. The van der Waals surface area contributed by atoms with E-state index in [9.17, 15) is 14.0 Å². The van der Waals surface area contributed by atoms with E-state index in [4.69, 9.17) is 4.74 Å². The quantitative estimate of drug-likeness (QED) is 0.639. The lowest BCUT2D eigenvalue weighted by Gasteiger charge is -2.01. The predicted octanol–water partition coefficient (Wildman–Crippen LogP) is 3.64. The van der Waals surface area contributed by atoms with E-state index in [1.807, 2.05) is 6.92 Å². The van der Waals surface area contributed by atoms with Crippen molar-refractivity contribution in [2.75, 3.05) is 6.61 Å². The summed E-state index contributed by atoms with van der Waals surface area (Å²) in [6.07, 6.45) is 0. The maximum absolute atomic E-state index is 13.4. The van der Waals surface area contributed by atoms with Gasteiger partial charge in [0.25, 0.3) is 0 Å². The van der Waals surface area contributed by atoms with E-state index in [2.05, 4.69) is 4.98 Å². The SMILES string of the molecule is CCOC(=O)c1nc(-c2cc(F)ccc2C)sc1C(C)=O. The van der Waals surface area contributed by atoms with Gasteiger partial charge in [-0.05, 0) is 31.5 Å². The Labute approximate surface area is 125 Å². The minimum Gasteiger partial charge on any atom is -0.461 e. The number of nitrogens with zero attached hydrogens (tertiary/aromatic N) is 1. The third-order valence-electron chi connectivity index (χ3n) is 2.85. The first-order valence-corrected chi connectivity index (χ1v) is 7.21. The lowest BCUT2D eigenvalue weighted by atomic mass is 10.1. The van der Waals surface area contributed by atoms with E-state index >= 15 is 0 Å². The van der Waals surface area contributed by atoms with Crippen LogP contribution in [0.5, 0.6) is 0 Å². The Hall–Kier alpha value is -2.08. The summed E-state index contributed by atoms with van der Waals surface area (Å²) in [4.78, 5) is 27.9. The highest BCUT2D eigenvalue weighted by Gasteiger charge is 2.23. The van der Waals surface area contributed by atoms with Crippen LogP contribution >= 0.6 is 11.3 Å². The van der Waals surface area contributed by atoms with Crippen LogP contribution in [0.25, 0.3) is 10.6 Å². The van der Waals surface area contributed by atoms with Gasteiger partial charge in [0.2, 0.25) is 0 Å². The topological polar surface area (TPSA) is 56.3 Å². The van der Waals surface area contributed by atoms with Gasteiger partial charge >= 0.3 is 5.97 Å². The minimum atomic E-state index is -0.640. The smallest absolute Gasteiger partial charge is 0.358 e. The fourth-order valence-corrected chi connectivity index (χ4v) is 2.87. The molecule has 0 saturated heterocycles. The molecule has 1 heterocycles. The molecule has 0 N–H and O–H groups in total. The van der Waals surface area contributed by atoms with Crippen molar-refractivity contribution in [1.29, 1.82) is 0 Å². The van der Waals surface area contributed by atoms with Crippen molar-refractivity contribution in [1.82, 2.24) is 4.98 Å². The first-order valence-electron chi connectivity index (χ1n) is 6.39. The number of hydrogen-bond donors (Lipinski definition) is 0. The van der Waals surface area contributed by atoms with Crippen LogP contribution in [-0.2, 0) is 4.74 Å². The maximum Gasteiger partial charge on any atom is 0.358 e. The summed E-state index contributed by atoms with van der Waals surface area (Å²) < 4.78 is 18.3. The van der Waals surface area contributed by atoms with Crippen LogP contribution < -0.4 is 0 Å². The number of ether oxygens (including phenoxy) is 1. The van der Waals surface area contributed by atoms with Gasteiger partial charge in [0, 0.05) is 12.5 Å². The molecule has 0 aliphatic carbocycles. The molecule has 0 radical (unpaired) electrons. The number of halogens is 1. The largest absolute Gasteiger partial charge is 0.461 e. The Morgan fingerprint density at radius 3 is 2.71 bits per heavy atom. The number of ketones is 1. The van der Waals surface area contributed by atoms with Crippen molar-refractivity contribution in [3.05, 3.63) is 40.2 Å². The van der Waals surface area contributed by atoms with Gasteiger partial charge in [-0.15, -0.1) is 11.3 Å². The monoisotopic (exact) mass is 307 g/mol. The van der Waals surface area contributed by atoms with E-state index in [-0.39, 0.29) is 23.0 Å². The van der Waals surface area contributed by atoms with Crippen LogP contribution in [0.3, 0.4) is 0 Å². The first-order chi connectivity index (χ1) is 9.93. The molecule has 1 aromatic carbocycles. The molecule has 0 aliphatic heterocycles. The normalized spacial score (nSPS) is 10.5. The molecule has 110 valence electrons. The first kappa shape index (κ1) is 15.3. The third-order valence-corrected chi connectivity index (χ3v) is 4.04. The molecule has 0 spiro atoms. The summed E-state index contributed by atoms with van der Waals surface area (Å²) in [6.45, 7) is 5.05. The number of aromatic nitrogens is 1. The van der Waals surface area contributed by atoms with Crippen molar-refractivity contribution in [3.63, 3.8) is 0 Å². The highest BCUT2D eigenvalue weighted by Crippen LogP contribution is 2.31. The number of Topliss-reactive ketones (excluding diaryl/α,β-unsaturated/α-hetero) is 1. The van der Waals surface area contributed by atoms with Crippen LogP contribution in [0.4, 0.5) is 4.39 Å². The van der Waals surface area contributed by atoms with Crippen molar-refractivity contribution >= 4 is 23.1 Å². The number of esters is 1. The summed E-state index contributed by atoms with van der Waals surface area (Å²) in [6, 6.07) is 4.32. The van der Waals surface area contributed by atoms with Crippen LogP contribution in [0.15, 0.2) is 18.2 Å². The maximum atomic E-state index is 13.4. The molecule has 21 heavy (non-hydrogen) atoms. The van der Waals surface area contributed by atoms with Gasteiger partial charge in [0.05, 0.1) is 6.61 Å². The van der Waals surface area contributed by atoms with Gasteiger partial charge in [-0.3, -0.25) is 4.79 Å². The van der Waals surface area contributed by atoms with E-state index in [1.165, 1.54) is 19.1 Å². The third kappa shape index (κ3) is 3.16. The Balaban J connectivity index is 2.56. The molecule has 0 aliphatic rings. The van der Waals surface area contributed by atoms with Crippen LogP contribution in [0.2, 0.25) is 0 Å². The summed E-state index contributed by atoms with van der Waals surface area (Å²) in [5.41, 5.74) is 1.38. The molecule has 6 heteroatoms.